The lowest BCUT2D eigenvalue weighted by Gasteiger charge is -2.34. The molecule has 5 nitrogen and oxygen atoms in total. The van der Waals surface area contributed by atoms with Crippen molar-refractivity contribution < 1.29 is 32.9 Å². The molecule has 1 aliphatic heterocycles. The van der Waals surface area contributed by atoms with Gasteiger partial charge in [0.25, 0.3) is 0 Å². The second-order valence-corrected chi connectivity index (χ2v) is 8.61. The lowest BCUT2D eigenvalue weighted by Crippen LogP contribution is -2.42. The SMILES string of the molecule is COC(C)(C)C(F)(F)c1cccc2c1CC[C@H]2Oc1ccc2c(c1)OCC2CC(=O)O. The van der Waals surface area contributed by atoms with Gasteiger partial charge in [0.1, 0.15) is 23.2 Å². The highest BCUT2D eigenvalue weighted by molar-refractivity contribution is 5.68. The molecule has 7 heteroatoms. The van der Waals surface area contributed by atoms with Gasteiger partial charge in [-0.15, -0.1) is 0 Å². The first kappa shape index (κ1) is 21.6. The molecule has 2 aromatic rings. The first-order chi connectivity index (χ1) is 14.6. The molecular weight excluding hydrogens is 406 g/mol. The number of aliphatic carboxylic acids is 1. The van der Waals surface area contributed by atoms with Gasteiger partial charge in [-0.25, -0.2) is 0 Å². The molecule has 166 valence electrons. The molecule has 0 amide bonds. The summed E-state index contributed by atoms with van der Waals surface area (Å²) in [5.74, 6) is -3.01. The molecular formula is C24H26F2O5. The molecule has 4 rings (SSSR count). The molecule has 1 N–H and O–H groups in total. The Morgan fingerprint density at radius 2 is 2.00 bits per heavy atom. The van der Waals surface area contributed by atoms with Crippen molar-refractivity contribution in [1.29, 1.82) is 0 Å². The van der Waals surface area contributed by atoms with Crippen LogP contribution in [0.25, 0.3) is 0 Å². The van der Waals surface area contributed by atoms with Gasteiger partial charge in [-0.3, -0.25) is 4.79 Å². The van der Waals surface area contributed by atoms with Gasteiger partial charge >= 0.3 is 11.9 Å². The summed E-state index contributed by atoms with van der Waals surface area (Å²) in [4.78, 5) is 11.0. The van der Waals surface area contributed by atoms with Gasteiger partial charge < -0.3 is 19.3 Å². The number of alkyl halides is 2. The van der Waals surface area contributed by atoms with Crippen molar-refractivity contribution in [1.82, 2.24) is 0 Å². The minimum absolute atomic E-state index is 0.0119. The smallest absolute Gasteiger partial charge is 0.304 e. The lowest BCUT2D eigenvalue weighted by molar-refractivity contribution is -0.185. The number of ether oxygens (including phenoxy) is 3. The first-order valence-electron chi connectivity index (χ1n) is 10.3. The maximum Gasteiger partial charge on any atom is 0.304 e. The number of methoxy groups -OCH3 is 1. The number of fused-ring (bicyclic) bond motifs is 2. The first-order valence-corrected chi connectivity index (χ1v) is 10.3. The van der Waals surface area contributed by atoms with Gasteiger partial charge in [-0.1, -0.05) is 24.3 Å². The van der Waals surface area contributed by atoms with Crippen LogP contribution in [-0.4, -0.2) is 30.4 Å². The highest BCUT2D eigenvalue weighted by atomic mass is 19.3. The maximum absolute atomic E-state index is 15.2. The summed E-state index contributed by atoms with van der Waals surface area (Å²) in [7, 11) is 1.29. The number of carbonyl (C=O) groups is 1. The molecule has 0 saturated carbocycles. The topological polar surface area (TPSA) is 65.0 Å². The van der Waals surface area contributed by atoms with Crippen molar-refractivity contribution in [3.8, 4) is 11.5 Å². The summed E-state index contributed by atoms with van der Waals surface area (Å²) in [6.45, 7) is 3.10. The Morgan fingerprint density at radius 1 is 1.23 bits per heavy atom. The predicted molar refractivity (Wildman–Crippen MR) is 110 cm³/mol. The Hall–Kier alpha value is -2.67. The van der Waals surface area contributed by atoms with Gasteiger partial charge in [0, 0.05) is 30.2 Å². The van der Waals surface area contributed by atoms with Crippen molar-refractivity contribution in [3.63, 3.8) is 0 Å². The Bertz CT molecular complexity index is 1000. The molecule has 0 bridgehead atoms. The predicted octanol–water partition coefficient (Wildman–Crippen LogP) is 5.22. The van der Waals surface area contributed by atoms with Gasteiger partial charge in [0.05, 0.1) is 13.0 Å². The van der Waals surface area contributed by atoms with Crippen LogP contribution in [0.2, 0.25) is 0 Å². The quantitative estimate of drug-likeness (QED) is 0.650. The molecule has 0 aromatic heterocycles. The number of rotatable bonds is 7. The van der Waals surface area contributed by atoms with Crippen LogP contribution in [0.5, 0.6) is 11.5 Å². The highest BCUT2D eigenvalue weighted by Gasteiger charge is 2.50. The average molecular weight is 432 g/mol. The monoisotopic (exact) mass is 432 g/mol. The average Bonchev–Trinajstić information content (AvgIpc) is 3.31. The molecule has 1 aliphatic carbocycles. The van der Waals surface area contributed by atoms with Gasteiger partial charge in [0.2, 0.25) is 0 Å². The van der Waals surface area contributed by atoms with E-state index in [0.29, 0.717) is 36.5 Å². The summed E-state index contributed by atoms with van der Waals surface area (Å²) in [5, 5.41) is 9.04. The van der Waals surface area contributed by atoms with E-state index < -0.39 is 17.5 Å². The van der Waals surface area contributed by atoms with Crippen LogP contribution in [-0.2, 0) is 21.9 Å². The molecule has 0 saturated heterocycles. The van der Waals surface area contributed by atoms with Gasteiger partial charge in [0.15, 0.2) is 0 Å². The molecule has 2 atom stereocenters. The molecule has 0 spiro atoms. The van der Waals surface area contributed by atoms with Crippen LogP contribution in [0.4, 0.5) is 8.78 Å². The summed E-state index contributed by atoms with van der Waals surface area (Å²) < 4.78 is 47.3. The molecule has 1 unspecified atom stereocenters. The zero-order valence-corrected chi connectivity index (χ0v) is 17.8. The van der Waals surface area contributed by atoms with E-state index in [9.17, 15) is 4.79 Å². The summed E-state index contributed by atoms with van der Waals surface area (Å²) in [6, 6.07) is 10.3. The Morgan fingerprint density at radius 3 is 2.71 bits per heavy atom. The Balaban J connectivity index is 1.57. The van der Waals surface area contributed by atoms with Crippen molar-refractivity contribution in [2.75, 3.05) is 13.7 Å². The van der Waals surface area contributed by atoms with Crippen molar-refractivity contribution in [2.45, 2.75) is 56.7 Å². The minimum Gasteiger partial charge on any atom is -0.492 e. The van der Waals surface area contributed by atoms with E-state index in [1.54, 1.807) is 18.2 Å². The second-order valence-electron chi connectivity index (χ2n) is 8.61. The van der Waals surface area contributed by atoms with Crippen LogP contribution in [0.15, 0.2) is 36.4 Å². The van der Waals surface area contributed by atoms with E-state index in [2.05, 4.69) is 0 Å². The molecule has 2 aliphatic rings. The van der Waals surface area contributed by atoms with E-state index in [-0.39, 0.29) is 24.0 Å². The van der Waals surface area contributed by atoms with E-state index >= 15 is 8.78 Å². The largest absolute Gasteiger partial charge is 0.492 e. The van der Waals surface area contributed by atoms with Crippen molar-refractivity contribution >= 4 is 5.97 Å². The summed E-state index contributed by atoms with van der Waals surface area (Å²) in [5.41, 5.74) is 0.572. The number of halogens is 2. The lowest BCUT2D eigenvalue weighted by atomic mass is 9.88. The summed E-state index contributed by atoms with van der Waals surface area (Å²) >= 11 is 0. The number of benzene rings is 2. The van der Waals surface area contributed by atoms with E-state index in [1.807, 2.05) is 12.1 Å². The molecule has 0 radical (unpaired) electrons. The summed E-state index contributed by atoms with van der Waals surface area (Å²) in [6.07, 6.45) is 0.756. The van der Waals surface area contributed by atoms with E-state index in [0.717, 1.165) is 11.1 Å². The number of carboxylic acids is 1. The zero-order chi connectivity index (χ0) is 22.4. The van der Waals surface area contributed by atoms with Crippen molar-refractivity contribution in [2.24, 2.45) is 0 Å². The number of hydrogen-bond acceptors (Lipinski definition) is 4. The van der Waals surface area contributed by atoms with Crippen molar-refractivity contribution in [3.05, 3.63) is 58.7 Å². The van der Waals surface area contributed by atoms with Crippen LogP contribution in [0.3, 0.4) is 0 Å². The molecule has 1 heterocycles. The highest BCUT2D eigenvalue weighted by Crippen LogP contribution is 2.47. The molecule has 31 heavy (non-hydrogen) atoms. The number of hydrogen-bond donors (Lipinski definition) is 1. The van der Waals surface area contributed by atoms with Crippen LogP contribution in [0.1, 0.15) is 61.0 Å². The third-order valence-corrected chi connectivity index (χ3v) is 6.38. The van der Waals surface area contributed by atoms with Gasteiger partial charge in [-0.05, 0) is 43.9 Å². The van der Waals surface area contributed by atoms with Crippen LogP contribution >= 0.6 is 0 Å². The van der Waals surface area contributed by atoms with Crippen LogP contribution in [0, 0.1) is 0 Å². The second kappa shape index (κ2) is 7.79. The van der Waals surface area contributed by atoms with Gasteiger partial charge in [-0.2, -0.15) is 8.78 Å². The van der Waals surface area contributed by atoms with Crippen LogP contribution < -0.4 is 9.47 Å². The Kier molecular flexibility index (Phi) is 5.41. The fourth-order valence-corrected chi connectivity index (χ4v) is 4.36. The third kappa shape index (κ3) is 3.76. The van der Waals surface area contributed by atoms with E-state index in [1.165, 1.54) is 27.0 Å². The fourth-order valence-electron chi connectivity index (χ4n) is 4.36. The molecule has 2 aromatic carbocycles. The Labute approximate surface area is 179 Å². The zero-order valence-electron chi connectivity index (χ0n) is 17.8. The third-order valence-electron chi connectivity index (χ3n) is 6.38. The maximum atomic E-state index is 15.2. The normalized spacial score (nSPS) is 20.2. The standard InChI is InChI=1S/C24H26F2O5/c1-23(2,29-3)24(25,26)19-6-4-5-18-17(19)9-10-20(18)31-15-7-8-16-14(11-22(27)28)13-30-21(16)12-15/h4-8,12,14,20H,9-11,13H2,1-3H3,(H,27,28)/t14?,20-/m1/s1. The minimum atomic E-state index is -3.15. The van der Waals surface area contributed by atoms with E-state index in [4.69, 9.17) is 19.3 Å². The molecule has 0 fully saturated rings. The fraction of sp³-hybridized carbons (Fsp3) is 0.458. The number of carboxylic acid groups (broad SMARTS) is 1.